The Bertz CT molecular complexity index is 1000. The first kappa shape index (κ1) is 19.7. The number of thioether (sulfide) groups is 1. The molecule has 3 heterocycles. The molecule has 0 aliphatic carbocycles. The highest BCUT2D eigenvalue weighted by molar-refractivity contribution is 7.98. The number of aliphatic hydroxyl groups excluding tert-OH is 2. The predicted molar refractivity (Wildman–Crippen MR) is 108 cm³/mol. The third kappa shape index (κ3) is 3.66. The Hall–Kier alpha value is -1.62. The third-order valence-corrected chi connectivity index (χ3v) is 6.37. The van der Waals surface area contributed by atoms with Crippen molar-refractivity contribution in [2.45, 2.75) is 30.3 Å². The van der Waals surface area contributed by atoms with Gasteiger partial charge in [0.15, 0.2) is 17.7 Å². The van der Waals surface area contributed by atoms with Crippen molar-refractivity contribution >= 4 is 51.9 Å². The molecule has 8 nitrogen and oxygen atoms in total. The molecule has 0 spiro atoms. The van der Waals surface area contributed by atoms with E-state index < -0.39 is 24.5 Å². The van der Waals surface area contributed by atoms with E-state index in [9.17, 15) is 10.2 Å². The Balaban J connectivity index is 1.44. The van der Waals surface area contributed by atoms with Gasteiger partial charge in [0.05, 0.1) is 22.5 Å². The molecule has 4 N–H and O–H groups in total. The number of hydrogen-bond acceptors (Lipinski definition) is 8. The number of benzene rings is 1. The predicted octanol–water partition coefficient (Wildman–Crippen LogP) is 2.27. The maximum absolute atomic E-state index is 10.5. The number of aromatic nitrogens is 4. The molecular formula is C17H17Cl2N5O3S. The van der Waals surface area contributed by atoms with Gasteiger partial charge in [-0.3, -0.25) is 4.57 Å². The van der Waals surface area contributed by atoms with Crippen LogP contribution in [0.3, 0.4) is 0 Å². The van der Waals surface area contributed by atoms with Crippen molar-refractivity contribution in [1.29, 1.82) is 0 Å². The molecule has 1 aliphatic heterocycles. The number of ether oxygens (including phenoxy) is 1. The van der Waals surface area contributed by atoms with Gasteiger partial charge in [0, 0.05) is 11.5 Å². The number of nitrogens with zero attached hydrogens (tertiary/aromatic N) is 4. The molecule has 4 rings (SSSR count). The van der Waals surface area contributed by atoms with E-state index in [1.807, 2.05) is 12.1 Å². The van der Waals surface area contributed by atoms with E-state index in [2.05, 4.69) is 15.0 Å². The average Bonchev–Trinajstić information content (AvgIpc) is 3.22. The summed E-state index contributed by atoms with van der Waals surface area (Å²) in [7, 11) is 0. The second-order valence-corrected chi connectivity index (χ2v) is 8.24. The Kier molecular flexibility index (Phi) is 5.64. The minimum absolute atomic E-state index is 0.241. The molecule has 0 bridgehead atoms. The van der Waals surface area contributed by atoms with Crippen LogP contribution in [0.1, 0.15) is 11.8 Å². The van der Waals surface area contributed by atoms with E-state index in [1.165, 1.54) is 12.7 Å². The van der Waals surface area contributed by atoms with E-state index in [-0.39, 0.29) is 5.82 Å². The summed E-state index contributed by atoms with van der Waals surface area (Å²) in [4.78, 5) is 12.2. The zero-order chi connectivity index (χ0) is 19.8. The van der Waals surface area contributed by atoms with Crippen LogP contribution in [0.25, 0.3) is 11.2 Å². The molecule has 1 saturated heterocycles. The van der Waals surface area contributed by atoms with Crippen LogP contribution in [-0.2, 0) is 10.5 Å². The average molecular weight is 442 g/mol. The number of nitrogen functional groups attached to an aromatic ring is 1. The SMILES string of the molecule is Nc1ncnc2c1ncn2[C@@H]1O[C@H](CSCc2ccc(Cl)c(Cl)c2)[C@@H](O)[C@H]1O. The summed E-state index contributed by atoms with van der Waals surface area (Å²) in [6.45, 7) is 0. The standard InChI is InChI=1S/C17H17Cl2N5O3S/c18-9-2-1-8(3-10(9)19)4-28-5-11-13(25)14(26)17(27-11)24-7-23-12-15(20)21-6-22-16(12)24/h1-3,6-7,11,13-14,17,25-26H,4-5H2,(H2,20,21,22)/t11-,13-,14-,17-/m1/s1. The van der Waals surface area contributed by atoms with Gasteiger partial charge in [0.2, 0.25) is 0 Å². The second-order valence-electron chi connectivity index (χ2n) is 6.39. The fraction of sp³-hybridized carbons (Fsp3) is 0.353. The minimum atomic E-state index is -1.12. The summed E-state index contributed by atoms with van der Waals surface area (Å²) in [6, 6.07) is 5.45. The highest BCUT2D eigenvalue weighted by atomic mass is 35.5. The van der Waals surface area contributed by atoms with Gasteiger partial charge < -0.3 is 20.7 Å². The maximum atomic E-state index is 10.5. The number of hydrogen-bond donors (Lipinski definition) is 3. The van der Waals surface area contributed by atoms with Crippen molar-refractivity contribution in [1.82, 2.24) is 19.5 Å². The third-order valence-electron chi connectivity index (χ3n) is 4.53. The van der Waals surface area contributed by atoms with E-state index in [1.54, 1.807) is 22.4 Å². The zero-order valence-electron chi connectivity index (χ0n) is 14.4. The fourth-order valence-corrected chi connectivity index (χ4v) is 4.44. The van der Waals surface area contributed by atoms with Crippen LogP contribution in [0.2, 0.25) is 10.0 Å². The molecule has 28 heavy (non-hydrogen) atoms. The Morgan fingerprint density at radius 1 is 1.14 bits per heavy atom. The van der Waals surface area contributed by atoms with Crippen molar-refractivity contribution in [2.24, 2.45) is 0 Å². The molecule has 4 atom stereocenters. The van der Waals surface area contributed by atoms with Crippen molar-refractivity contribution < 1.29 is 14.9 Å². The van der Waals surface area contributed by atoms with Crippen molar-refractivity contribution in [3.63, 3.8) is 0 Å². The molecule has 0 radical (unpaired) electrons. The van der Waals surface area contributed by atoms with Crippen molar-refractivity contribution in [3.8, 4) is 0 Å². The summed E-state index contributed by atoms with van der Waals surface area (Å²) >= 11 is 13.5. The quantitative estimate of drug-likeness (QED) is 0.551. The van der Waals surface area contributed by atoms with Crippen LogP contribution in [-0.4, -0.2) is 53.8 Å². The topological polar surface area (TPSA) is 119 Å². The Morgan fingerprint density at radius 2 is 1.96 bits per heavy atom. The van der Waals surface area contributed by atoms with Gasteiger partial charge in [-0.15, -0.1) is 0 Å². The van der Waals surface area contributed by atoms with Gasteiger partial charge in [0.25, 0.3) is 0 Å². The fourth-order valence-electron chi connectivity index (χ4n) is 3.08. The lowest BCUT2D eigenvalue weighted by atomic mass is 10.1. The molecule has 3 aromatic rings. The minimum Gasteiger partial charge on any atom is -0.387 e. The molecule has 1 aliphatic rings. The van der Waals surface area contributed by atoms with E-state index in [4.69, 9.17) is 33.7 Å². The number of nitrogens with two attached hydrogens (primary N) is 1. The summed E-state index contributed by atoms with van der Waals surface area (Å²) in [5, 5.41) is 21.9. The summed E-state index contributed by atoms with van der Waals surface area (Å²) in [5.74, 6) is 1.39. The van der Waals surface area contributed by atoms with Gasteiger partial charge in [-0.25, -0.2) is 15.0 Å². The first-order chi connectivity index (χ1) is 13.5. The van der Waals surface area contributed by atoms with E-state index >= 15 is 0 Å². The highest BCUT2D eigenvalue weighted by Crippen LogP contribution is 2.34. The normalized spacial score (nSPS) is 24.9. The largest absolute Gasteiger partial charge is 0.387 e. The molecule has 1 fully saturated rings. The number of aliphatic hydroxyl groups is 2. The number of anilines is 1. The van der Waals surface area contributed by atoms with Crippen LogP contribution in [0.5, 0.6) is 0 Å². The van der Waals surface area contributed by atoms with Gasteiger partial charge in [-0.2, -0.15) is 11.8 Å². The molecule has 11 heteroatoms. The lowest BCUT2D eigenvalue weighted by Crippen LogP contribution is -2.32. The number of rotatable bonds is 5. The van der Waals surface area contributed by atoms with E-state index in [0.29, 0.717) is 32.7 Å². The number of imidazole rings is 1. The molecule has 0 unspecified atom stereocenters. The first-order valence-electron chi connectivity index (χ1n) is 8.42. The monoisotopic (exact) mass is 441 g/mol. The van der Waals surface area contributed by atoms with Crippen LogP contribution < -0.4 is 5.73 Å². The Labute approximate surface area is 174 Å². The van der Waals surface area contributed by atoms with Gasteiger partial charge >= 0.3 is 0 Å². The zero-order valence-corrected chi connectivity index (χ0v) is 16.8. The number of halogens is 2. The van der Waals surface area contributed by atoms with Crippen molar-refractivity contribution in [3.05, 3.63) is 46.5 Å². The van der Waals surface area contributed by atoms with Crippen LogP contribution in [0, 0.1) is 0 Å². The smallest absolute Gasteiger partial charge is 0.167 e. The maximum Gasteiger partial charge on any atom is 0.167 e. The first-order valence-corrected chi connectivity index (χ1v) is 10.3. The molecule has 148 valence electrons. The van der Waals surface area contributed by atoms with Crippen molar-refractivity contribution in [2.75, 3.05) is 11.5 Å². The summed E-state index contributed by atoms with van der Waals surface area (Å²) in [6.07, 6.45) is -0.735. The Morgan fingerprint density at radius 3 is 2.75 bits per heavy atom. The van der Waals surface area contributed by atoms with Gasteiger partial charge in [-0.05, 0) is 17.7 Å². The van der Waals surface area contributed by atoms with Gasteiger partial charge in [-0.1, -0.05) is 29.3 Å². The van der Waals surface area contributed by atoms with Crippen LogP contribution in [0.15, 0.2) is 30.9 Å². The lowest BCUT2D eigenvalue weighted by molar-refractivity contribution is -0.0289. The molecule has 0 amide bonds. The molecular weight excluding hydrogens is 425 g/mol. The lowest BCUT2D eigenvalue weighted by Gasteiger charge is -2.16. The second kappa shape index (κ2) is 8.02. The molecule has 2 aromatic heterocycles. The summed E-state index contributed by atoms with van der Waals surface area (Å²) < 4.78 is 7.47. The highest BCUT2D eigenvalue weighted by Gasteiger charge is 2.44. The van der Waals surface area contributed by atoms with E-state index in [0.717, 1.165) is 5.56 Å². The summed E-state index contributed by atoms with van der Waals surface area (Å²) in [5.41, 5.74) is 7.67. The van der Waals surface area contributed by atoms with Crippen LogP contribution >= 0.6 is 35.0 Å². The van der Waals surface area contributed by atoms with Gasteiger partial charge in [0.1, 0.15) is 24.1 Å². The molecule has 1 aromatic carbocycles. The number of fused-ring (bicyclic) bond motifs is 1. The molecule has 0 saturated carbocycles. The van der Waals surface area contributed by atoms with Crippen LogP contribution in [0.4, 0.5) is 5.82 Å².